The highest BCUT2D eigenvalue weighted by Crippen LogP contribution is 2.21. The number of hydrogen-bond donors (Lipinski definition) is 3. The number of nitrogens with zero attached hydrogens (tertiary/aromatic N) is 1. The summed E-state index contributed by atoms with van der Waals surface area (Å²) in [6.07, 6.45) is 3.32. The molecule has 2 aromatic rings. The van der Waals surface area contributed by atoms with Crippen LogP contribution in [0, 0.1) is 5.92 Å². The summed E-state index contributed by atoms with van der Waals surface area (Å²) in [5, 5.41) is 7.98. The molecular formula is C15H19ClN4O3S2. The number of hydrogen-bond acceptors (Lipinski definition) is 6. The second-order valence-corrected chi connectivity index (χ2v) is 8.08. The second-order valence-electron chi connectivity index (χ2n) is 5.50. The number of aromatic nitrogens is 1. The first-order valence-electron chi connectivity index (χ1n) is 7.58. The standard InChI is InChI=1S/C15H18N4O3S2.ClH/c20-14(11-3-2-6-16-10-11)18-12-4-1-5-13(9-12)24(21,22)19-15-17-7-8-23-15;/h1,4-5,7-9,11,16H,2-3,6,10H2,(H,17,19)(H,18,20);1H. The number of anilines is 2. The molecule has 1 aliphatic heterocycles. The number of carbonyl (C=O) groups is 1. The molecular weight excluding hydrogens is 384 g/mol. The molecule has 2 heterocycles. The molecule has 0 bridgehead atoms. The second kappa shape index (κ2) is 8.61. The number of sulfonamides is 1. The molecule has 7 nitrogen and oxygen atoms in total. The van der Waals surface area contributed by atoms with Gasteiger partial charge in [0.1, 0.15) is 0 Å². The fraction of sp³-hybridized carbons (Fsp3) is 0.333. The van der Waals surface area contributed by atoms with Gasteiger partial charge >= 0.3 is 0 Å². The summed E-state index contributed by atoms with van der Waals surface area (Å²) in [6, 6.07) is 6.21. The van der Waals surface area contributed by atoms with Gasteiger partial charge in [-0.2, -0.15) is 0 Å². The molecule has 10 heteroatoms. The van der Waals surface area contributed by atoms with Crippen molar-refractivity contribution in [2.24, 2.45) is 5.92 Å². The Morgan fingerprint density at radius 2 is 2.20 bits per heavy atom. The minimum absolute atomic E-state index is 0. The number of amides is 1. The largest absolute Gasteiger partial charge is 0.326 e. The molecule has 1 amide bonds. The Morgan fingerprint density at radius 1 is 1.36 bits per heavy atom. The lowest BCUT2D eigenvalue weighted by atomic mass is 9.99. The molecule has 1 fully saturated rings. The molecule has 0 spiro atoms. The van der Waals surface area contributed by atoms with Gasteiger partial charge in [0.2, 0.25) is 5.91 Å². The van der Waals surface area contributed by atoms with E-state index in [0.717, 1.165) is 19.4 Å². The van der Waals surface area contributed by atoms with Gasteiger partial charge in [-0.05, 0) is 37.6 Å². The molecule has 3 N–H and O–H groups in total. The van der Waals surface area contributed by atoms with Gasteiger partial charge in [-0.15, -0.1) is 23.7 Å². The fourth-order valence-corrected chi connectivity index (χ4v) is 4.34. The highest BCUT2D eigenvalue weighted by molar-refractivity contribution is 7.93. The quantitative estimate of drug-likeness (QED) is 0.712. The molecule has 136 valence electrons. The average molecular weight is 403 g/mol. The molecule has 3 rings (SSSR count). The summed E-state index contributed by atoms with van der Waals surface area (Å²) in [7, 11) is -3.73. The van der Waals surface area contributed by atoms with E-state index < -0.39 is 10.0 Å². The van der Waals surface area contributed by atoms with E-state index in [0.29, 0.717) is 17.4 Å². The lowest BCUT2D eigenvalue weighted by Crippen LogP contribution is -2.37. The Morgan fingerprint density at radius 3 is 2.88 bits per heavy atom. The van der Waals surface area contributed by atoms with Crippen LogP contribution in [0.5, 0.6) is 0 Å². The van der Waals surface area contributed by atoms with Gasteiger partial charge in [0.25, 0.3) is 10.0 Å². The van der Waals surface area contributed by atoms with Gasteiger partial charge in [-0.1, -0.05) is 6.07 Å². The van der Waals surface area contributed by atoms with Gasteiger partial charge in [0.05, 0.1) is 10.8 Å². The van der Waals surface area contributed by atoms with Gasteiger partial charge in [-0.25, -0.2) is 13.4 Å². The molecule has 1 aliphatic rings. The molecule has 0 aliphatic carbocycles. The number of thiazole rings is 1. The molecule has 1 atom stereocenters. The minimum Gasteiger partial charge on any atom is -0.326 e. The zero-order chi connectivity index (χ0) is 17.0. The van der Waals surface area contributed by atoms with E-state index in [1.54, 1.807) is 17.5 Å². The average Bonchev–Trinajstić information content (AvgIpc) is 3.08. The molecule has 1 unspecified atom stereocenters. The number of carbonyl (C=O) groups excluding carboxylic acids is 1. The van der Waals surface area contributed by atoms with Crippen molar-refractivity contribution in [2.75, 3.05) is 23.1 Å². The number of halogens is 1. The molecule has 1 aromatic heterocycles. The molecule has 25 heavy (non-hydrogen) atoms. The highest BCUT2D eigenvalue weighted by Gasteiger charge is 2.22. The van der Waals surface area contributed by atoms with Crippen molar-refractivity contribution in [3.8, 4) is 0 Å². The van der Waals surface area contributed by atoms with Crippen molar-refractivity contribution >= 4 is 50.5 Å². The summed E-state index contributed by atoms with van der Waals surface area (Å²) in [5.41, 5.74) is 0.465. The van der Waals surface area contributed by atoms with Gasteiger partial charge < -0.3 is 10.6 Å². The van der Waals surface area contributed by atoms with Crippen molar-refractivity contribution < 1.29 is 13.2 Å². The first-order chi connectivity index (χ1) is 11.5. The lowest BCUT2D eigenvalue weighted by Gasteiger charge is -2.22. The summed E-state index contributed by atoms with van der Waals surface area (Å²) in [5.74, 6) is -0.183. The zero-order valence-electron chi connectivity index (χ0n) is 13.3. The van der Waals surface area contributed by atoms with Crippen LogP contribution in [0.3, 0.4) is 0 Å². The van der Waals surface area contributed by atoms with E-state index in [-0.39, 0.29) is 29.1 Å². The third kappa shape index (κ3) is 5.15. The maximum atomic E-state index is 12.4. The summed E-state index contributed by atoms with van der Waals surface area (Å²) < 4.78 is 27.2. The third-order valence-electron chi connectivity index (χ3n) is 3.73. The Hall–Kier alpha value is -1.68. The number of piperidine rings is 1. The summed E-state index contributed by atoms with van der Waals surface area (Å²) >= 11 is 1.20. The predicted molar refractivity (Wildman–Crippen MR) is 101 cm³/mol. The van der Waals surface area contributed by atoms with Crippen molar-refractivity contribution in [3.05, 3.63) is 35.8 Å². The monoisotopic (exact) mass is 402 g/mol. The van der Waals surface area contributed by atoms with E-state index in [4.69, 9.17) is 0 Å². The fourth-order valence-electron chi connectivity index (χ4n) is 2.51. The highest BCUT2D eigenvalue weighted by atomic mass is 35.5. The molecule has 1 aromatic carbocycles. The van der Waals surface area contributed by atoms with Crippen LogP contribution in [0.1, 0.15) is 12.8 Å². The summed E-state index contributed by atoms with van der Waals surface area (Å²) in [4.78, 5) is 16.3. The Labute approximate surface area is 156 Å². The van der Waals surface area contributed by atoms with Crippen LogP contribution in [0.25, 0.3) is 0 Å². The maximum absolute atomic E-state index is 12.4. The van der Waals surface area contributed by atoms with Gasteiger partial charge in [-0.3, -0.25) is 9.52 Å². The Kier molecular flexibility index (Phi) is 6.77. The van der Waals surface area contributed by atoms with Crippen LogP contribution in [-0.4, -0.2) is 32.4 Å². The van der Waals surface area contributed by atoms with E-state index in [2.05, 4.69) is 20.3 Å². The Balaban J connectivity index is 0.00000225. The maximum Gasteiger partial charge on any atom is 0.263 e. The lowest BCUT2D eigenvalue weighted by molar-refractivity contribution is -0.120. The zero-order valence-corrected chi connectivity index (χ0v) is 15.7. The van der Waals surface area contributed by atoms with Crippen molar-refractivity contribution in [1.82, 2.24) is 10.3 Å². The van der Waals surface area contributed by atoms with Gasteiger partial charge in [0, 0.05) is 23.8 Å². The van der Waals surface area contributed by atoms with E-state index in [1.807, 2.05) is 0 Å². The SMILES string of the molecule is Cl.O=C(Nc1cccc(S(=O)(=O)Nc2nccs2)c1)C1CCCNC1. The van der Waals surface area contributed by atoms with E-state index in [1.165, 1.54) is 29.7 Å². The van der Waals surface area contributed by atoms with E-state index in [9.17, 15) is 13.2 Å². The van der Waals surface area contributed by atoms with Crippen LogP contribution < -0.4 is 15.4 Å². The normalized spacial score (nSPS) is 17.4. The van der Waals surface area contributed by atoms with Crippen molar-refractivity contribution in [2.45, 2.75) is 17.7 Å². The topological polar surface area (TPSA) is 100 Å². The van der Waals surface area contributed by atoms with Crippen molar-refractivity contribution in [3.63, 3.8) is 0 Å². The number of rotatable bonds is 5. The molecule has 0 radical (unpaired) electrons. The first kappa shape index (κ1) is 19.6. The van der Waals surface area contributed by atoms with Crippen LogP contribution in [0.2, 0.25) is 0 Å². The van der Waals surface area contributed by atoms with E-state index >= 15 is 0 Å². The van der Waals surface area contributed by atoms with Gasteiger partial charge in [0.15, 0.2) is 5.13 Å². The van der Waals surface area contributed by atoms with Crippen molar-refractivity contribution in [1.29, 1.82) is 0 Å². The van der Waals surface area contributed by atoms with Crippen LogP contribution in [0.15, 0.2) is 40.7 Å². The molecule has 1 saturated heterocycles. The minimum atomic E-state index is -3.73. The van der Waals surface area contributed by atoms with Crippen LogP contribution in [0.4, 0.5) is 10.8 Å². The number of benzene rings is 1. The van der Waals surface area contributed by atoms with Crippen LogP contribution in [-0.2, 0) is 14.8 Å². The Bertz CT molecular complexity index is 806. The summed E-state index contributed by atoms with van der Waals surface area (Å²) in [6.45, 7) is 1.58. The molecule has 0 saturated carbocycles. The smallest absolute Gasteiger partial charge is 0.263 e. The third-order valence-corrected chi connectivity index (χ3v) is 5.89. The van der Waals surface area contributed by atoms with Crippen LogP contribution >= 0.6 is 23.7 Å². The predicted octanol–water partition coefficient (Wildman–Crippen LogP) is 2.30. The first-order valence-corrected chi connectivity index (χ1v) is 9.95. The number of nitrogens with one attached hydrogen (secondary N) is 3.